The normalized spacial score (nSPS) is 19.3. The first-order valence-electron chi connectivity index (χ1n) is 11.5. The van der Waals surface area contributed by atoms with Crippen molar-refractivity contribution in [1.82, 2.24) is 19.5 Å². The van der Waals surface area contributed by atoms with E-state index in [2.05, 4.69) is 15.0 Å². The molecule has 1 saturated carbocycles. The first kappa shape index (κ1) is 28.6. The Kier molecular flexibility index (Phi) is 9.29. The third-order valence-electron chi connectivity index (χ3n) is 5.28. The van der Waals surface area contributed by atoms with Crippen LogP contribution in [0, 0.1) is 5.92 Å². The van der Waals surface area contributed by atoms with Crippen LogP contribution < -0.4 is 5.73 Å². The molecule has 0 bridgehead atoms. The molecule has 15 nitrogen and oxygen atoms in total. The minimum absolute atomic E-state index is 0.0899. The maximum Gasteiger partial charge on any atom is 0.510 e. The molecule has 1 aliphatic rings. The fourth-order valence-electron chi connectivity index (χ4n) is 3.31. The first-order chi connectivity index (χ1) is 17.4. The van der Waals surface area contributed by atoms with Crippen LogP contribution in [0.1, 0.15) is 41.0 Å². The predicted octanol–water partition coefficient (Wildman–Crippen LogP) is 3.43. The van der Waals surface area contributed by atoms with Gasteiger partial charge in [0, 0.05) is 0 Å². The number of nitrogen functional groups attached to an aromatic ring is 1. The first-order valence-corrected chi connectivity index (χ1v) is 13.3. The second-order valence-corrected chi connectivity index (χ2v) is 11.0. The number of fused-ring (bicyclic) bond motifs is 1. The third-order valence-corrected chi connectivity index (χ3v) is 6.73. The van der Waals surface area contributed by atoms with Crippen LogP contribution in [-0.2, 0) is 43.8 Å². The average molecular weight is 545 g/mol. The van der Waals surface area contributed by atoms with Gasteiger partial charge in [-0.3, -0.25) is 13.6 Å². The summed E-state index contributed by atoms with van der Waals surface area (Å²) in [4.78, 5) is 35.7. The number of hydrogen-bond acceptors (Lipinski definition) is 14. The summed E-state index contributed by atoms with van der Waals surface area (Å²) in [6, 6.07) is 0. The van der Waals surface area contributed by atoms with E-state index in [1.54, 1.807) is 38.6 Å². The van der Waals surface area contributed by atoms with Crippen LogP contribution in [0.5, 0.6) is 0 Å². The number of rotatable bonds is 13. The van der Waals surface area contributed by atoms with Crippen molar-refractivity contribution in [3.05, 3.63) is 12.7 Å². The van der Waals surface area contributed by atoms with Crippen molar-refractivity contribution in [2.75, 3.05) is 25.7 Å². The molecule has 1 fully saturated rings. The van der Waals surface area contributed by atoms with Crippen LogP contribution in [0.15, 0.2) is 12.7 Å². The number of nitrogens with two attached hydrogens (primary N) is 1. The molecule has 2 heterocycles. The average Bonchev–Trinajstić information content (AvgIpc) is 3.23. The third kappa shape index (κ3) is 7.99. The smallest absolute Gasteiger partial charge is 0.432 e. The Balaban J connectivity index is 1.65. The topological polar surface area (TPSA) is 185 Å². The summed E-state index contributed by atoms with van der Waals surface area (Å²) in [6.45, 7) is 7.35. The van der Waals surface area contributed by atoms with Gasteiger partial charge in [0.05, 0.1) is 30.7 Å². The predicted molar refractivity (Wildman–Crippen MR) is 127 cm³/mol. The molecule has 0 aliphatic heterocycles. The van der Waals surface area contributed by atoms with Gasteiger partial charge in [-0.05, 0) is 40.0 Å². The fraction of sp³-hybridized carbons (Fsp3) is 0.667. The van der Waals surface area contributed by atoms with Gasteiger partial charge in [0.25, 0.3) is 0 Å². The lowest BCUT2D eigenvalue weighted by atomic mass is 10.2. The van der Waals surface area contributed by atoms with E-state index in [9.17, 15) is 14.2 Å². The van der Waals surface area contributed by atoms with Gasteiger partial charge in [0.15, 0.2) is 11.5 Å². The van der Waals surface area contributed by atoms with Gasteiger partial charge in [-0.1, -0.05) is 6.92 Å². The summed E-state index contributed by atoms with van der Waals surface area (Å²) in [5, 5.41) is 0. The maximum absolute atomic E-state index is 13.4. The highest BCUT2D eigenvalue weighted by molar-refractivity contribution is 7.53. The zero-order chi connectivity index (χ0) is 27.2. The highest BCUT2D eigenvalue weighted by atomic mass is 31.2. The molecule has 0 radical (unpaired) electrons. The van der Waals surface area contributed by atoms with Crippen molar-refractivity contribution in [1.29, 1.82) is 0 Å². The van der Waals surface area contributed by atoms with Gasteiger partial charge in [-0.2, -0.15) is 0 Å². The number of anilines is 1. The monoisotopic (exact) mass is 545 g/mol. The molecule has 2 aromatic rings. The molecule has 1 aliphatic carbocycles. The van der Waals surface area contributed by atoms with Crippen LogP contribution >= 0.6 is 7.60 Å². The summed E-state index contributed by atoms with van der Waals surface area (Å²) in [6.07, 6.45) is 0.157. The Morgan fingerprint density at radius 1 is 1.08 bits per heavy atom. The Labute approximate surface area is 213 Å². The van der Waals surface area contributed by atoms with E-state index in [-0.39, 0.29) is 11.7 Å². The molecule has 2 N–H and O–H groups in total. The molecule has 0 saturated heterocycles. The summed E-state index contributed by atoms with van der Waals surface area (Å²) in [5.41, 5.74) is 6.12. The number of aromatic nitrogens is 4. The number of carbonyl (C=O) groups excluding carboxylic acids is 2. The molecule has 0 amide bonds. The van der Waals surface area contributed by atoms with Crippen molar-refractivity contribution < 1.29 is 46.9 Å². The van der Waals surface area contributed by atoms with Crippen molar-refractivity contribution >= 4 is 36.9 Å². The molecular weight excluding hydrogens is 513 g/mol. The van der Waals surface area contributed by atoms with E-state index >= 15 is 0 Å². The maximum atomic E-state index is 13.4. The Hall–Kier alpha value is -3.00. The van der Waals surface area contributed by atoms with Crippen LogP contribution in [0.2, 0.25) is 0 Å². The van der Waals surface area contributed by atoms with E-state index in [0.29, 0.717) is 24.1 Å². The van der Waals surface area contributed by atoms with Crippen LogP contribution in [0.25, 0.3) is 11.2 Å². The van der Waals surface area contributed by atoms with Crippen molar-refractivity contribution in [3.8, 4) is 0 Å². The van der Waals surface area contributed by atoms with E-state index in [1.807, 2.05) is 6.92 Å². The quantitative estimate of drug-likeness (QED) is 0.219. The molecule has 206 valence electrons. The second kappa shape index (κ2) is 12.0. The largest absolute Gasteiger partial charge is 0.510 e. The number of carbonyl (C=O) groups is 2. The molecule has 37 heavy (non-hydrogen) atoms. The lowest BCUT2D eigenvalue weighted by Gasteiger charge is -2.23. The number of imidazole rings is 1. The van der Waals surface area contributed by atoms with Crippen LogP contribution in [-0.4, -0.2) is 69.6 Å². The van der Waals surface area contributed by atoms with Crippen LogP contribution in [0.3, 0.4) is 0 Å². The minimum atomic E-state index is -4.09. The zero-order valence-corrected chi connectivity index (χ0v) is 22.2. The zero-order valence-electron chi connectivity index (χ0n) is 21.3. The van der Waals surface area contributed by atoms with Crippen molar-refractivity contribution in [2.24, 2.45) is 5.92 Å². The molecule has 2 atom stereocenters. The molecule has 2 unspecified atom stereocenters. The Bertz CT molecular complexity index is 1110. The number of ether oxygens (including phenoxy) is 5. The minimum Gasteiger partial charge on any atom is -0.432 e. The summed E-state index contributed by atoms with van der Waals surface area (Å²) < 4.78 is 50.8. The van der Waals surface area contributed by atoms with Gasteiger partial charge in [0.1, 0.15) is 18.2 Å². The highest BCUT2D eigenvalue weighted by Gasteiger charge is 2.54. The lowest BCUT2D eigenvalue weighted by Crippen LogP contribution is -2.25. The van der Waals surface area contributed by atoms with E-state index in [0.717, 1.165) is 0 Å². The number of hydrogen-bond donors (Lipinski definition) is 1. The summed E-state index contributed by atoms with van der Waals surface area (Å²) >= 11 is 0. The van der Waals surface area contributed by atoms with E-state index in [4.69, 9.17) is 38.5 Å². The molecule has 3 rings (SSSR count). The van der Waals surface area contributed by atoms with Crippen molar-refractivity contribution in [3.63, 3.8) is 0 Å². The van der Waals surface area contributed by atoms with E-state index in [1.165, 1.54) is 6.33 Å². The summed E-state index contributed by atoms with van der Waals surface area (Å²) in [7, 11) is -4.09. The van der Waals surface area contributed by atoms with Gasteiger partial charge >= 0.3 is 19.9 Å². The highest BCUT2D eigenvalue weighted by Crippen LogP contribution is 2.54. The molecule has 16 heteroatoms. The molecule has 0 spiro atoms. The molecule has 2 aromatic heterocycles. The van der Waals surface area contributed by atoms with Gasteiger partial charge in [0.2, 0.25) is 13.6 Å². The standard InChI is InChI=1S/C21H32N5O10P/c1-13(2)35-19(27)30-10-33-37(29,34-11-31-20(28)36-14(3)4)12-32-21(6-15(21)5)7-26-9-25-16-17(22)23-8-24-18(16)26/h8-9,13-15H,6-7,10-12H2,1-5H3,(H2,22,23,24). The van der Waals surface area contributed by atoms with Gasteiger partial charge < -0.3 is 34.0 Å². The molecular formula is C21H32N5O10P. The Morgan fingerprint density at radius 3 is 2.16 bits per heavy atom. The molecule has 0 aromatic carbocycles. The van der Waals surface area contributed by atoms with Gasteiger partial charge in [-0.15, -0.1) is 0 Å². The van der Waals surface area contributed by atoms with E-state index < -0.39 is 57.6 Å². The number of nitrogens with zero attached hydrogens (tertiary/aromatic N) is 4. The Morgan fingerprint density at radius 2 is 1.65 bits per heavy atom. The van der Waals surface area contributed by atoms with Gasteiger partial charge in [-0.25, -0.2) is 24.5 Å². The van der Waals surface area contributed by atoms with Crippen molar-refractivity contribution in [2.45, 2.75) is 65.4 Å². The SMILES string of the molecule is CC(C)OC(=O)OCOP(=O)(COC1(Cn2cnc3c(N)ncnc32)CC1C)OCOC(=O)OC(C)C. The fourth-order valence-corrected chi connectivity index (χ4v) is 4.38. The second-order valence-electron chi connectivity index (χ2n) is 8.97. The summed E-state index contributed by atoms with van der Waals surface area (Å²) in [5.74, 6) is 0.341. The van der Waals surface area contributed by atoms with Crippen LogP contribution in [0.4, 0.5) is 15.4 Å². The lowest BCUT2D eigenvalue weighted by molar-refractivity contribution is -0.0405.